The smallest absolute Gasteiger partial charge is 0.0721 e. The molecular formula is C19H16NO-. The molecule has 3 aromatic carbocycles. The summed E-state index contributed by atoms with van der Waals surface area (Å²) in [6.07, 6.45) is 1.71. The molecule has 0 aliphatic carbocycles. The van der Waals surface area contributed by atoms with E-state index in [0.717, 1.165) is 16.3 Å². The van der Waals surface area contributed by atoms with Crippen molar-refractivity contribution < 1.29 is 5.11 Å². The second-order valence-electron chi connectivity index (χ2n) is 5.06. The Hall–Kier alpha value is -2.61. The van der Waals surface area contributed by atoms with E-state index >= 15 is 0 Å². The molecule has 1 atom stereocenters. The molecule has 104 valence electrons. The fourth-order valence-corrected chi connectivity index (χ4v) is 2.41. The van der Waals surface area contributed by atoms with Crippen LogP contribution < -0.4 is 5.11 Å². The van der Waals surface area contributed by atoms with Gasteiger partial charge in [0.05, 0.1) is 6.04 Å². The van der Waals surface area contributed by atoms with Crippen LogP contribution in [-0.2, 0) is 0 Å². The second-order valence-corrected chi connectivity index (χ2v) is 5.06. The van der Waals surface area contributed by atoms with Gasteiger partial charge in [-0.15, -0.1) is 0 Å². The maximum atomic E-state index is 12.1. The van der Waals surface area contributed by atoms with E-state index in [1.807, 2.05) is 67.6 Å². The zero-order valence-corrected chi connectivity index (χ0v) is 11.9. The topological polar surface area (TPSA) is 35.4 Å². The molecule has 0 radical (unpaired) electrons. The van der Waals surface area contributed by atoms with E-state index in [1.165, 1.54) is 0 Å². The summed E-state index contributed by atoms with van der Waals surface area (Å²) in [6, 6.07) is 21.5. The number of rotatable bonds is 3. The lowest BCUT2D eigenvalue weighted by Crippen LogP contribution is -1.98. The minimum atomic E-state index is 0.0118. The maximum absolute atomic E-state index is 12.1. The first-order valence-corrected chi connectivity index (χ1v) is 7.02. The highest BCUT2D eigenvalue weighted by Crippen LogP contribution is 2.24. The van der Waals surface area contributed by atoms with Gasteiger partial charge in [0.1, 0.15) is 0 Å². The molecule has 0 amide bonds. The van der Waals surface area contributed by atoms with Gasteiger partial charge < -0.3 is 5.11 Å². The van der Waals surface area contributed by atoms with Gasteiger partial charge in [0.25, 0.3) is 0 Å². The average molecular weight is 274 g/mol. The highest BCUT2D eigenvalue weighted by atomic mass is 16.3. The Labute approximate surface area is 124 Å². The highest BCUT2D eigenvalue weighted by molar-refractivity contribution is 6.02. The van der Waals surface area contributed by atoms with Gasteiger partial charge in [0, 0.05) is 6.21 Å². The Balaban J connectivity index is 1.98. The second kappa shape index (κ2) is 5.80. The van der Waals surface area contributed by atoms with Crippen LogP contribution in [0.1, 0.15) is 24.1 Å². The quantitative estimate of drug-likeness (QED) is 0.662. The predicted molar refractivity (Wildman–Crippen MR) is 85.8 cm³/mol. The van der Waals surface area contributed by atoms with Crippen LogP contribution in [0.25, 0.3) is 10.8 Å². The van der Waals surface area contributed by atoms with E-state index in [1.54, 1.807) is 12.3 Å². The number of benzene rings is 3. The number of aliphatic imine (C=N–C) groups is 1. The first-order valence-electron chi connectivity index (χ1n) is 7.02. The lowest BCUT2D eigenvalue weighted by molar-refractivity contribution is -0.268. The van der Waals surface area contributed by atoms with Crippen molar-refractivity contribution in [3.05, 3.63) is 77.9 Å². The van der Waals surface area contributed by atoms with Crippen LogP contribution in [0.5, 0.6) is 5.75 Å². The minimum absolute atomic E-state index is 0.0118. The van der Waals surface area contributed by atoms with Gasteiger partial charge in [0.15, 0.2) is 0 Å². The summed E-state index contributed by atoms with van der Waals surface area (Å²) in [7, 11) is 0. The van der Waals surface area contributed by atoms with Crippen LogP contribution in [0.2, 0.25) is 0 Å². The Morgan fingerprint density at radius 2 is 1.62 bits per heavy atom. The van der Waals surface area contributed by atoms with Crippen molar-refractivity contribution in [2.45, 2.75) is 13.0 Å². The third kappa shape index (κ3) is 2.79. The number of hydrogen-bond acceptors (Lipinski definition) is 2. The first-order chi connectivity index (χ1) is 10.3. The van der Waals surface area contributed by atoms with Crippen molar-refractivity contribution >= 4 is 17.0 Å². The zero-order chi connectivity index (χ0) is 14.7. The van der Waals surface area contributed by atoms with Crippen molar-refractivity contribution in [2.24, 2.45) is 4.99 Å². The fourth-order valence-electron chi connectivity index (χ4n) is 2.41. The Morgan fingerprint density at radius 1 is 0.905 bits per heavy atom. The Bertz CT molecular complexity index is 778. The van der Waals surface area contributed by atoms with Crippen LogP contribution in [0, 0.1) is 0 Å². The molecule has 3 aromatic rings. The zero-order valence-electron chi connectivity index (χ0n) is 11.9. The van der Waals surface area contributed by atoms with Crippen molar-refractivity contribution in [3.8, 4) is 5.75 Å². The molecule has 0 aromatic heterocycles. The molecule has 0 saturated carbocycles. The maximum Gasteiger partial charge on any atom is 0.0721 e. The lowest BCUT2D eigenvalue weighted by atomic mass is 10.0. The largest absolute Gasteiger partial charge is 0.872 e. The van der Waals surface area contributed by atoms with Crippen LogP contribution in [-0.4, -0.2) is 6.21 Å². The molecule has 0 fully saturated rings. The molecule has 2 nitrogen and oxygen atoms in total. The van der Waals surface area contributed by atoms with E-state index in [4.69, 9.17) is 0 Å². The Kier molecular flexibility index (Phi) is 3.69. The highest BCUT2D eigenvalue weighted by Gasteiger charge is 2.03. The standard InChI is InChI=1S/C19H17NO/c1-14(15-7-3-2-4-8-15)20-13-18-17-10-6-5-9-16(17)11-12-19(18)21/h2-14,21H,1H3/p-1/t14-/m1/s1. The van der Waals surface area contributed by atoms with Gasteiger partial charge in [-0.05, 0) is 28.8 Å². The van der Waals surface area contributed by atoms with Gasteiger partial charge in [-0.3, -0.25) is 4.99 Å². The fraction of sp³-hybridized carbons (Fsp3) is 0.105. The van der Waals surface area contributed by atoms with Crippen molar-refractivity contribution in [3.63, 3.8) is 0 Å². The Morgan fingerprint density at radius 3 is 2.43 bits per heavy atom. The molecule has 0 bridgehead atoms. The van der Waals surface area contributed by atoms with Gasteiger partial charge in [-0.25, -0.2) is 0 Å². The number of nitrogens with zero attached hydrogens (tertiary/aromatic N) is 1. The average Bonchev–Trinajstić information content (AvgIpc) is 2.54. The van der Waals surface area contributed by atoms with E-state index < -0.39 is 0 Å². The van der Waals surface area contributed by atoms with E-state index in [0.29, 0.717) is 5.56 Å². The normalized spacial score (nSPS) is 12.8. The van der Waals surface area contributed by atoms with Gasteiger partial charge >= 0.3 is 0 Å². The van der Waals surface area contributed by atoms with Crippen molar-refractivity contribution in [2.75, 3.05) is 0 Å². The monoisotopic (exact) mass is 274 g/mol. The number of hydrogen-bond donors (Lipinski definition) is 0. The molecule has 0 aliphatic rings. The third-order valence-corrected chi connectivity index (χ3v) is 3.64. The summed E-state index contributed by atoms with van der Waals surface area (Å²) in [5.74, 6) is 0.0118. The summed E-state index contributed by atoms with van der Waals surface area (Å²) < 4.78 is 0. The lowest BCUT2D eigenvalue weighted by Gasteiger charge is -2.14. The van der Waals surface area contributed by atoms with Crippen molar-refractivity contribution in [1.82, 2.24) is 0 Å². The van der Waals surface area contributed by atoms with Crippen LogP contribution >= 0.6 is 0 Å². The molecule has 0 spiro atoms. The molecule has 3 rings (SSSR count). The van der Waals surface area contributed by atoms with Gasteiger partial charge in [0.2, 0.25) is 0 Å². The predicted octanol–water partition coefficient (Wildman–Crippen LogP) is 4.09. The van der Waals surface area contributed by atoms with Crippen LogP contribution in [0.4, 0.5) is 0 Å². The van der Waals surface area contributed by atoms with Gasteiger partial charge in [-0.2, -0.15) is 0 Å². The van der Waals surface area contributed by atoms with Gasteiger partial charge in [-0.1, -0.05) is 72.5 Å². The summed E-state index contributed by atoms with van der Waals surface area (Å²) in [4.78, 5) is 4.55. The first kappa shape index (κ1) is 13.4. The summed E-state index contributed by atoms with van der Waals surface area (Å²) in [5, 5.41) is 14.1. The van der Waals surface area contributed by atoms with Crippen LogP contribution in [0.3, 0.4) is 0 Å². The van der Waals surface area contributed by atoms with E-state index in [-0.39, 0.29) is 11.8 Å². The summed E-state index contributed by atoms with van der Waals surface area (Å²) >= 11 is 0. The molecule has 21 heavy (non-hydrogen) atoms. The molecule has 0 N–H and O–H groups in total. The van der Waals surface area contributed by atoms with E-state index in [2.05, 4.69) is 4.99 Å². The summed E-state index contributed by atoms with van der Waals surface area (Å²) in [6.45, 7) is 2.03. The molecule has 0 unspecified atom stereocenters. The SMILES string of the molecule is C[C@@H](N=Cc1c([O-])ccc2ccccc12)c1ccccc1. The van der Waals surface area contributed by atoms with Crippen molar-refractivity contribution in [1.29, 1.82) is 0 Å². The minimum Gasteiger partial charge on any atom is -0.872 e. The van der Waals surface area contributed by atoms with Crippen LogP contribution in [0.15, 0.2) is 71.7 Å². The number of fused-ring (bicyclic) bond motifs is 1. The summed E-state index contributed by atoms with van der Waals surface area (Å²) in [5.41, 5.74) is 1.80. The molecule has 2 heteroatoms. The molecule has 0 heterocycles. The molecule has 0 saturated heterocycles. The molecule has 0 aliphatic heterocycles. The molecular weight excluding hydrogens is 258 g/mol. The third-order valence-electron chi connectivity index (χ3n) is 3.64. The van der Waals surface area contributed by atoms with E-state index in [9.17, 15) is 5.11 Å².